The van der Waals surface area contributed by atoms with Crippen molar-refractivity contribution in [1.29, 1.82) is 0 Å². The Labute approximate surface area is 198 Å². The molecular formula is C24H20ClF2N5O2. The first-order chi connectivity index (χ1) is 16.4. The molecule has 0 saturated carbocycles. The number of aliphatic hydroxyl groups excluding tert-OH is 1. The lowest BCUT2D eigenvalue weighted by molar-refractivity contribution is -0.140. The Hall–Kier alpha value is -3.56. The number of hydrogen-bond acceptors (Lipinski definition) is 5. The first-order valence-electron chi connectivity index (χ1n) is 10.7. The fourth-order valence-electron chi connectivity index (χ4n) is 4.04. The van der Waals surface area contributed by atoms with Crippen LogP contribution in [-0.2, 0) is 4.79 Å². The fraction of sp³-hybridized carbons (Fsp3) is 0.208. The average Bonchev–Trinajstić information content (AvgIpc) is 3.26. The number of halogens is 3. The number of amides is 1. The molecule has 1 unspecified atom stereocenters. The zero-order chi connectivity index (χ0) is 23.8. The Morgan fingerprint density at radius 3 is 2.44 bits per heavy atom. The predicted octanol–water partition coefficient (Wildman–Crippen LogP) is 3.94. The highest BCUT2D eigenvalue weighted by molar-refractivity contribution is 6.31. The van der Waals surface area contributed by atoms with Crippen LogP contribution in [0.2, 0.25) is 5.02 Å². The highest BCUT2D eigenvalue weighted by atomic mass is 35.5. The summed E-state index contributed by atoms with van der Waals surface area (Å²) in [5, 5.41) is 10.9. The number of benzene rings is 2. The monoisotopic (exact) mass is 483 g/mol. The minimum Gasteiger partial charge on any atom is -0.378 e. The van der Waals surface area contributed by atoms with Gasteiger partial charge in [0.05, 0.1) is 11.0 Å². The van der Waals surface area contributed by atoms with Crippen molar-refractivity contribution in [3.05, 3.63) is 76.9 Å². The quantitative estimate of drug-likeness (QED) is 0.459. The first kappa shape index (κ1) is 22.2. The van der Waals surface area contributed by atoms with Crippen LogP contribution in [0.4, 0.5) is 14.6 Å². The third-order valence-corrected chi connectivity index (χ3v) is 6.05. The second-order valence-electron chi connectivity index (χ2n) is 8.07. The normalized spacial score (nSPS) is 15.1. The Bertz CT molecular complexity index is 1330. The van der Waals surface area contributed by atoms with E-state index in [-0.39, 0.29) is 5.56 Å². The van der Waals surface area contributed by atoms with E-state index in [2.05, 4.69) is 15.0 Å². The van der Waals surface area contributed by atoms with Crippen LogP contribution in [0.15, 0.2) is 54.7 Å². The number of H-pyrrole nitrogens is 1. The van der Waals surface area contributed by atoms with Gasteiger partial charge in [0.25, 0.3) is 5.91 Å². The van der Waals surface area contributed by atoms with Crippen LogP contribution in [0.3, 0.4) is 0 Å². The van der Waals surface area contributed by atoms with Gasteiger partial charge in [0.15, 0.2) is 6.10 Å². The number of anilines is 1. The summed E-state index contributed by atoms with van der Waals surface area (Å²) in [6, 6.07) is 11.9. The summed E-state index contributed by atoms with van der Waals surface area (Å²) in [5.41, 5.74) is 2.38. The number of fused-ring (bicyclic) bond motifs is 1. The van der Waals surface area contributed by atoms with Gasteiger partial charge in [0.1, 0.15) is 23.3 Å². The fourth-order valence-corrected chi connectivity index (χ4v) is 4.21. The van der Waals surface area contributed by atoms with E-state index in [0.29, 0.717) is 43.1 Å². The van der Waals surface area contributed by atoms with Crippen LogP contribution >= 0.6 is 11.6 Å². The van der Waals surface area contributed by atoms with Gasteiger partial charge in [0.2, 0.25) is 0 Å². The van der Waals surface area contributed by atoms with Crippen LogP contribution in [0.25, 0.3) is 22.4 Å². The summed E-state index contributed by atoms with van der Waals surface area (Å²) < 4.78 is 26.9. The van der Waals surface area contributed by atoms with E-state index in [1.807, 2.05) is 29.2 Å². The van der Waals surface area contributed by atoms with Gasteiger partial charge in [-0.15, -0.1) is 0 Å². The van der Waals surface area contributed by atoms with Crippen molar-refractivity contribution in [3.8, 4) is 11.4 Å². The molecule has 0 radical (unpaired) electrons. The summed E-state index contributed by atoms with van der Waals surface area (Å²) in [6.07, 6.45) is 0.113. The maximum absolute atomic E-state index is 13.4. The minimum atomic E-state index is -1.62. The number of nitrogens with one attached hydrogen (secondary N) is 1. The lowest BCUT2D eigenvalue weighted by Crippen LogP contribution is -2.50. The highest BCUT2D eigenvalue weighted by Gasteiger charge is 2.28. The molecule has 0 bridgehead atoms. The lowest BCUT2D eigenvalue weighted by atomic mass is 10.1. The molecule has 1 aliphatic rings. The van der Waals surface area contributed by atoms with E-state index in [1.165, 1.54) is 4.90 Å². The van der Waals surface area contributed by atoms with E-state index in [4.69, 9.17) is 11.6 Å². The molecule has 10 heteroatoms. The third-order valence-electron chi connectivity index (χ3n) is 5.82. The van der Waals surface area contributed by atoms with Gasteiger partial charge in [-0.3, -0.25) is 4.79 Å². The number of nitrogens with zero attached hydrogens (tertiary/aromatic N) is 4. The molecule has 7 nitrogen and oxygen atoms in total. The topological polar surface area (TPSA) is 85.4 Å². The number of carbonyl (C=O) groups excluding carboxylic acids is 1. The Morgan fingerprint density at radius 1 is 1.03 bits per heavy atom. The van der Waals surface area contributed by atoms with Gasteiger partial charge in [-0.2, -0.15) is 0 Å². The van der Waals surface area contributed by atoms with Crippen molar-refractivity contribution in [2.45, 2.75) is 6.10 Å². The largest absolute Gasteiger partial charge is 0.378 e. The van der Waals surface area contributed by atoms with Gasteiger partial charge < -0.3 is 19.9 Å². The van der Waals surface area contributed by atoms with Gasteiger partial charge in [-0.25, -0.2) is 18.7 Å². The van der Waals surface area contributed by atoms with Gasteiger partial charge in [-0.1, -0.05) is 11.6 Å². The number of hydrogen-bond donors (Lipinski definition) is 2. The molecule has 5 rings (SSSR count). The molecule has 1 aliphatic heterocycles. The van der Waals surface area contributed by atoms with Crippen molar-refractivity contribution in [2.24, 2.45) is 0 Å². The zero-order valence-electron chi connectivity index (χ0n) is 17.9. The number of rotatable bonds is 4. The number of piperazine rings is 1. The number of aliphatic hydroxyl groups is 1. The van der Waals surface area contributed by atoms with E-state index >= 15 is 0 Å². The summed E-state index contributed by atoms with van der Waals surface area (Å²) in [6.45, 7) is 1.71. The summed E-state index contributed by atoms with van der Waals surface area (Å²) in [4.78, 5) is 28.5. The molecule has 1 fully saturated rings. The molecule has 1 saturated heterocycles. The molecule has 2 aromatic carbocycles. The van der Waals surface area contributed by atoms with Crippen LogP contribution in [0, 0.1) is 11.6 Å². The highest BCUT2D eigenvalue weighted by Crippen LogP contribution is 2.25. The number of pyridine rings is 1. The van der Waals surface area contributed by atoms with E-state index in [9.17, 15) is 18.7 Å². The first-order valence-corrected chi connectivity index (χ1v) is 11.0. The van der Waals surface area contributed by atoms with Crippen molar-refractivity contribution in [3.63, 3.8) is 0 Å². The van der Waals surface area contributed by atoms with E-state index in [1.54, 1.807) is 12.3 Å². The summed E-state index contributed by atoms with van der Waals surface area (Å²) in [7, 11) is 0. The lowest BCUT2D eigenvalue weighted by Gasteiger charge is -2.36. The molecule has 0 aliphatic carbocycles. The Morgan fingerprint density at radius 2 is 1.76 bits per heavy atom. The van der Waals surface area contributed by atoms with Gasteiger partial charge in [0, 0.05) is 49.0 Å². The molecule has 174 valence electrons. The Kier molecular flexibility index (Phi) is 5.89. The van der Waals surface area contributed by atoms with Crippen molar-refractivity contribution >= 4 is 34.4 Å². The molecule has 2 N–H and O–H groups in total. The Balaban J connectivity index is 1.23. The molecule has 1 amide bonds. The smallest absolute Gasteiger partial charge is 0.256 e. The van der Waals surface area contributed by atoms with Crippen molar-refractivity contribution in [1.82, 2.24) is 19.9 Å². The molecular weight excluding hydrogens is 464 g/mol. The molecule has 2 aromatic heterocycles. The van der Waals surface area contributed by atoms with Crippen LogP contribution < -0.4 is 4.90 Å². The summed E-state index contributed by atoms with van der Waals surface area (Å²) in [5.74, 6) is -0.824. The predicted molar refractivity (Wildman–Crippen MR) is 124 cm³/mol. The van der Waals surface area contributed by atoms with Crippen molar-refractivity contribution in [2.75, 3.05) is 31.1 Å². The number of aromatic amines is 1. The van der Waals surface area contributed by atoms with Crippen LogP contribution in [-0.4, -0.2) is 57.0 Å². The van der Waals surface area contributed by atoms with E-state index in [0.717, 1.165) is 34.5 Å². The van der Waals surface area contributed by atoms with Gasteiger partial charge in [-0.05, 0) is 48.0 Å². The van der Waals surface area contributed by atoms with E-state index < -0.39 is 23.6 Å². The molecule has 0 spiro atoms. The third kappa shape index (κ3) is 4.44. The number of imidazole rings is 1. The molecule has 4 aromatic rings. The second-order valence-corrected chi connectivity index (χ2v) is 8.51. The summed E-state index contributed by atoms with van der Waals surface area (Å²) >= 11 is 6.04. The second kappa shape index (κ2) is 9.00. The van der Waals surface area contributed by atoms with Crippen LogP contribution in [0.5, 0.6) is 0 Å². The maximum atomic E-state index is 13.4. The maximum Gasteiger partial charge on any atom is 0.256 e. The minimum absolute atomic E-state index is 0.102. The van der Waals surface area contributed by atoms with Gasteiger partial charge >= 0.3 is 0 Å². The SMILES string of the molecule is O=C(C(O)c1cc(F)cc(F)c1)N1CCN(c2ccc(-c3nc4ccc(Cl)cc4[nH]3)cn2)CC1. The number of carbonyl (C=O) groups is 1. The molecule has 3 heterocycles. The molecule has 34 heavy (non-hydrogen) atoms. The van der Waals surface area contributed by atoms with Crippen molar-refractivity contribution < 1.29 is 18.7 Å². The molecule has 1 atom stereocenters. The average molecular weight is 484 g/mol. The van der Waals surface area contributed by atoms with Crippen LogP contribution in [0.1, 0.15) is 11.7 Å². The number of aromatic nitrogens is 3. The standard InChI is InChI=1S/C24H20ClF2N5O2/c25-16-2-3-19-20(11-16)30-23(29-19)14-1-4-21(28-13-14)31-5-7-32(8-6-31)24(34)22(33)15-9-17(26)12-18(27)10-15/h1-4,9-13,22,33H,5-8H2,(H,29,30). The zero-order valence-corrected chi connectivity index (χ0v) is 18.6.